The van der Waals surface area contributed by atoms with Crippen LogP contribution in [0.15, 0.2) is 21.6 Å². The fourth-order valence-corrected chi connectivity index (χ4v) is 3.12. The van der Waals surface area contributed by atoms with Gasteiger partial charge in [0, 0.05) is 11.6 Å². The zero-order valence-corrected chi connectivity index (χ0v) is 12.8. The predicted octanol–water partition coefficient (Wildman–Crippen LogP) is 0.969. The lowest BCUT2D eigenvalue weighted by Gasteiger charge is -2.31. The van der Waals surface area contributed by atoms with Gasteiger partial charge in [0.15, 0.2) is 0 Å². The molecule has 0 spiro atoms. The van der Waals surface area contributed by atoms with Gasteiger partial charge in [-0.15, -0.1) is 0 Å². The first-order valence-electron chi connectivity index (χ1n) is 6.70. The molecule has 0 unspecified atom stereocenters. The minimum atomic E-state index is -3.63. The third-order valence-electron chi connectivity index (χ3n) is 3.13. The number of hydrogen-bond donors (Lipinski definition) is 3. The van der Waals surface area contributed by atoms with Crippen molar-refractivity contribution in [2.24, 2.45) is 0 Å². The van der Waals surface area contributed by atoms with Gasteiger partial charge in [-0.3, -0.25) is 0 Å². The molecule has 2 rings (SSSR count). The fraction of sp³-hybridized carbons (Fsp3) is 0.692. The van der Waals surface area contributed by atoms with E-state index in [1.54, 1.807) is 6.07 Å². The van der Waals surface area contributed by atoms with Crippen LogP contribution in [-0.4, -0.2) is 31.2 Å². The molecule has 1 heterocycles. The van der Waals surface area contributed by atoms with Crippen molar-refractivity contribution in [3.63, 3.8) is 0 Å². The summed E-state index contributed by atoms with van der Waals surface area (Å²) in [5, 5.41) is 12.3. The Bertz CT molecular complexity index is 553. The van der Waals surface area contributed by atoms with Crippen LogP contribution in [0.25, 0.3) is 0 Å². The number of hydrogen-bond acceptors (Lipinski definition) is 5. The smallest absolute Gasteiger partial charge is 0.274 e. The molecule has 1 fully saturated rings. The number of nitrogens with one attached hydrogen (secondary N) is 2. The van der Waals surface area contributed by atoms with E-state index in [2.05, 4.69) is 10.0 Å². The fourth-order valence-electron chi connectivity index (χ4n) is 1.91. The summed E-state index contributed by atoms with van der Waals surface area (Å²) in [5.41, 5.74) is -0.0633. The highest BCUT2D eigenvalue weighted by molar-refractivity contribution is 7.89. The van der Waals surface area contributed by atoms with Crippen molar-refractivity contribution in [3.05, 3.63) is 17.9 Å². The summed E-state index contributed by atoms with van der Waals surface area (Å²) in [6, 6.07) is 2.91. The number of aliphatic hydroxyl groups excluding tert-OH is 1. The van der Waals surface area contributed by atoms with Gasteiger partial charge in [0.25, 0.3) is 10.0 Å². The van der Waals surface area contributed by atoms with E-state index in [0.717, 1.165) is 0 Å². The number of aliphatic hydroxyl groups is 1. The monoisotopic (exact) mass is 302 g/mol. The van der Waals surface area contributed by atoms with Crippen molar-refractivity contribution in [1.82, 2.24) is 10.0 Å². The standard InChI is InChI=1S/C13H22N2O4S/c1-13(2,3)14-8-11-4-5-12(19-11)20(17,18)15-9-6-10(16)7-9/h4-5,9-10,14-16H,6-8H2,1-3H3. The second-order valence-corrected chi connectivity index (χ2v) is 7.91. The van der Waals surface area contributed by atoms with Crippen molar-refractivity contribution < 1.29 is 17.9 Å². The Labute approximate surface area is 119 Å². The van der Waals surface area contributed by atoms with E-state index in [4.69, 9.17) is 9.52 Å². The Morgan fingerprint density at radius 1 is 1.35 bits per heavy atom. The van der Waals surface area contributed by atoms with Crippen molar-refractivity contribution in [2.75, 3.05) is 0 Å². The van der Waals surface area contributed by atoms with Crippen LogP contribution in [0.4, 0.5) is 0 Å². The maximum absolute atomic E-state index is 12.0. The zero-order chi connectivity index (χ0) is 15.0. The lowest BCUT2D eigenvalue weighted by atomic mass is 9.91. The van der Waals surface area contributed by atoms with Crippen LogP contribution >= 0.6 is 0 Å². The molecule has 20 heavy (non-hydrogen) atoms. The molecular weight excluding hydrogens is 280 g/mol. The normalized spacial score (nSPS) is 23.6. The summed E-state index contributed by atoms with van der Waals surface area (Å²) in [6.07, 6.45) is 0.516. The summed E-state index contributed by atoms with van der Waals surface area (Å²) < 4.78 is 32.0. The van der Waals surface area contributed by atoms with E-state index in [-0.39, 0.29) is 16.7 Å². The Balaban J connectivity index is 1.97. The maximum atomic E-state index is 12.0. The Morgan fingerprint density at radius 2 is 2.00 bits per heavy atom. The summed E-state index contributed by atoms with van der Waals surface area (Å²) in [7, 11) is -3.63. The first kappa shape index (κ1) is 15.5. The lowest BCUT2D eigenvalue weighted by molar-refractivity contribution is 0.0710. The van der Waals surface area contributed by atoms with Crippen molar-refractivity contribution in [2.45, 2.75) is 62.9 Å². The maximum Gasteiger partial charge on any atom is 0.274 e. The largest absolute Gasteiger partial charge is 0.447 e. The van der Waals surface area contributed by atoms with E-state index in [0.29, 0.717) is 25.1 Å². The van der Waals surface area contributed by atoms with Gasteiger partial charge in [-0.25, -0.2) is 13.1 Å². The molecule has 1 aliphatic carbocycles. The highest BCUT2D eigenvalue weighted by Crippen LogP contribution is 2.22. The first-order chi connectivity index (χ1) is 9.16. The van der Waals surface area contributed by atoms with Gasteiger partial charge >= 0.3 is 0 Å². The third-order valence-corrected chi connectivity index (χ3v) is 4.52. The van der Waals surface area contributed by atoms with Crippen LogP contribution in [-0.2, 0) is 16.6 Å². The highest BCUT2D eigenvalue weighted by Gasteiger charge is 2.32. The first-order valence-corrected chi connectivity index (χ1v) is 8.18. The number of furan rings is 1. The summed E-state index contributed by atoms with van der Waals surface area (Å²) in [4.78, 5) is 0. The molecule has 1 saturated carbocycles. The summed E-state index contributed by atoms with van der Waals surface area (Å²) in [6.45, 7) is 6.55. The second-order valence-electron chi connectivity index (χ2n) is 6.27. The minimum absolute atomic E-state index is 0.0633. The molecule has 0 aliphatic heterocycles. The molecular formula is C13H22N2O4S. The van der Waals surface area contributed by atoms with Crippen molar-refractivity contribution in [1.29, 1.82) is 0 Å². The topological polar surface area (TPSA) is 91.6 Å². The lowest BCUT2D eigenvalue weighted by Crippen LogP contribution is -2.46. The average Bonchev–Trinajstić information content (AvgIpc) is 2.72. The summed E-state index contributed by atoms with van der Waals surface area (Å²) in [5.74, 6) is 0.578. The highest BCUT2D eigenvalue weighted by atomic mass is 32.2. The van der Waals surface area contributed by atoms with Gasteiger partial charge in [0.2, 0.25) is 5.09 Å². The van der Waals surface area contributed by atoms with E-state index in [9.17, 15) is 8.42 Å². The molecule has 1 aromatic heterocycles. The van der Waals surface area contributed by atoms with Gasteiger partial charge in [-0.05, 0) is 45.7 Å². The third kappa shape index (κ3) is 4.05. The number of sulfonamides is 1. The van der Waals surface area contributed by atoms with Gasteiger partial charge < -0.3 is 14.8 Å². The van der Waals surface area contributed by atoms with Crippen molar-refractivity contribution in [3.8, 4) is 0 Å². The molecule has 0 amide bonds. The molecule has 3 N–H and O–H groups in total. The van der Waals surface area contributed by atoms with Crippen molar-refractivity contribution >= 4 is 10.0 Å². The molecule has 7 heteroatoms. The van der Waals surface area contributed by atoms with Crippen LogP contribution < -0.4 is 10.0 Å². The molecule has 0 aromatic carbocycles. The molecule has 1 aromatic rings. The average molecular weight is 302 g/mol. The van der Waals surface area contributed by atoms with E-state index in [1.165, 1.54) is 6.07 Å². The summed E-state index contributed by atoms with van der Waals surface area (Å²) >= 11 is 0. The van der Waals surface area contributed by atoms with Crippen LogP contribution in [0.1, 0.15) is 39.4 Å². The van der Waals surface area contributed by atoms with Gasteiger partial charge in [0.1, 0.15) is 5.76 Å². The Kier molecular flexibility index (Phi) is 4.24. The SMILES string of the molecule is CC(C)(C)NCc1ccc(S(=O)(=O)NC2CC(O)C2)o1. The van der Waals surface area contributed by atoms with Crippen LogP contribution in [0.2, 0.25) is 0 Å². The van der Waals surface area contributed by atoms with E-state index in [1.807, 2.05) is 20.8 Å². The van der Waals surface area contributed by atoms with Crippen LogP contribution in [0.3, 0.4) is 0 Å². The molecule has 0 atom stereocenters. The quantitative estimate of drug-likeness (QED) is 0.754. The molecule has 114 valence electrons. The molecule has 0 saturated heterocycles. The van der Waals surface area contributed by atoms with Crippen LogP contribution in [0.5, 0.6) is 0 Å². The molecule has 0 bridgehead atoms. The van der Waals surface area contributed by atoms with Gasteiger partial charge in [0.05, 0.1) is 12.6 Å². The Hall–Kier alpha value is -0.890. The number of rotatable bonds is 5. The van der Waals surface area contributed by atoms with E-state index >= 15 is 0 Å². The Morgan fingerprint density at radius 3 is 2.55 bits per heavy atom. The van der Waals surface area contributed by atoms with Gasteiger partial charge in [-0.2, -0.15) is 0 Å². The zero-order valence-electron chi connectivity index (χ0n) is 12.0. The van der Waals surface area contributed by atoms with Crippen LogP contribution in [0, 0.1) is 0 Å². The molecule has 6 nitrogen and oxygen atoms in total. The molecule has 0 radical (unpaired) electrons. The van der Waals surface area contributed by atoms with E-state index < -0.39 is 16.1 Å². The minimum Gasteiger partial charge on any atom is -0.447 e. The molecule has 1 aliphatic rings. The predicted molar refractivity (Wildman–Crippen MR) is 74.7 cm³/mol. The second kappa shape index (κ2) is 5.48. The van der Waals surface area contributed by atoms with Gasteiger partial charge in [-0.1, -0.05) is 0 Å².